The lowest BCUT2D eigenvalue weighted by molar-refractivity contribution is 0.0853. The van der Waals surface area contributed by atoms with Crippen LogP contribution in [0, 0.1) is 11.3 Å². The molecule has 1 saturated heterocycles. The van der Waals surface area contributed by atoms with Gasteiger partial charge in [0.05, 0.1) is 5.52 Å². The quantitative estimate of drug-likeness (QED) is 0.763. The molecule has 120 valence electrons. The molecule has 0 radical (unpaired) electrons. The summed E-state index contributed by atoms with van der Waals surface area (Å²) >= 11 is 0. The van der Waals surface area contributed by atoms with Gasteiger partial charge in [-0.1, -0.05) is 12.1 Å². The first-order chi connectivity index (χ1) is 11.8. The monoisotopic (exact) mass is 318 g/mol. The van der Waals surface area contributed by atoms with Crippen molar-refractivity contribution in [3.05, 3.63) is 53.9 Å². The number of aromatic amines is 1. The highest BCUT2D eigenvalue weighted by molar-refractivity contribution is 5.83. The summed E-state index contributed by atoms with van der Waals surface area (Å²) in [6.07, 6.45) is 3.93. The zero-order valence-corrected chi connectivity index (χ0v) is 13.2. The van der Waals surface area contributed by atoms with Crippen molar-refractivity contribution in [2.75, 3.05) is 18.5 Å². The SMILES string of the molecule is N#Cc1cc2cnc(Nc3cccc(C4CCOCC4)c3)cc2[nH]1. The molecular formula is C19H18N4O. The van der Waals surface area contributed by atoms with Crippen molar-refractivity contribution in [3.8, 4) is 6.07 Å². The third kappa shape index (κ3) is 2.97. The van der Waals surface area contributed by atoms with Gasteiger partial charge in [0.2, 0.25) is 0 Å². The third-order valence-electron chi connectivity index (χ3n) is 4.48. The fourth-order valence-corrected chi connectivity index (χ4v) is 3.20. The molecular weight excluding hydrogens is 300 g/mol. The summed E-state index contributed by atoms with van der Waals surface area (Å²) < 4.78 is 5.45. The van der Waals surface area contributed by atoms with E-state index in [-0.39, 0.29) is 0 Å². The number of nitrogens with one attached hydrogen (secondary N) is 2. The number of pyridine rings is 1. The average Bonchev–Trinajstić information content (AvgIpc) is 3.05. The van der Waals surface area contributed by atoms with E-state index in [4.69, 9.17) is 10.00 Å². The Kier molecular flexibility index (Phi) is 3.89. The smallest absolute Gasteiger partial charge is 0.132 e. The highest BCUT2D eigenvalue weighted by Crippen LogP contribution is 2.29. The first-order valence-corrected chi connectivity index (χ1v) is 8.15. The van der Waals surface area contributed by atoms with E-state index in [2.05, 4.69) is 39.6 Å². The van der Waals surface area contributed by atoms with Gasteiger partial charge in [-0.15, -0.1) is 0 Å². The predicted octanol–water partition coefficient (Wildman–Crippen LogP) is 4.07. The van der Waals surface area contributed by atoms with Crippen LogP contribution in [0.3, 0.4) is 0 Å². The topological polar surface area (TPSA) is 73.7 Å². The van der Waals surface area contributed by atoms with Crippen LogP contribution in [0.2, 0.25) is 0 Å². The minimum absolute atomic E-state index is 0.547. The number of rotatable bonds is 3. The normalized spacial score (nSPS) is 15.3. The first kappa shape index (κ1) is 14.7. The van der Waals surface area contributed by atoms with Crippen LogP contribution < -0.4 is 5.32 Å². The molecule has 0 atom stereocenters. The van der Waals surface area contributed by atoms with Crippen LogP contribution >= 0.6 is 0 Å². The van der Waals surface area contributed by atoms with Gasteiger partial charge in [-0.3, -0.25) is 0 Å². The van der Waals surface area contributed by atoms with E-state index in [1.807, 2.05) is 12.1 Å². The number of fused-ring (bicyclic) bond motifs is 1. The van der Waals surface area contributed by atoms with Gasteiger partial charge in [0, 0.05) is 36.6 Å². The Morgan fingerprint density at radius 3 is 2.92 bits per heavy atom. The van der Waals surface area contributed by atoms with Crippen molar-refractivity contribution in [2.24, 2.45) is 0 Å². The highest BCUT2D eigenvalue weighted by atomic mass is 16.5. The summed E-state index contributed by atoms with van der Waals surface area (Å²) in [6, 6.07) is 14.3. The number of benzene rings is 1. The van der Waals surface area contributed by atoms with E-state index in [0.717, 1.165) is 48.5 Å². The molecule has 0 saturated carbocycles. The fourth-order valence-electron chi connectivity index (χ4n) is 3.20. The summed E-state index contributed by atoms with van der Waals surface area (Å²) in [5.74, 6) is 1.33. The Morgan fingerprint density at radius 1 is 1.21 bits per heavy atom. The molecule has 0 spiro atoms. The number of hydrogen-bond donors (Lipinski definition) is 2. The molecule has 4 rings (SSSR count). The molecule has 3 heterocycles. The number of nitriles is 1. The molecule has 2 aromatic heterocycles. The van der Waals surface area contributed by atoms with Crippen molar-refractivity contribution < 1.29 is 4.74 Å². The second-order valence-corrected chi connectivity index (χ2v) is 6.09. The van der Waals surface area contributed by atoms with Crippen molar-refractivity contribution in [1.29, 1.82) is 5.26 Å². The number of hydrogen-bond acceptors (Lipinski definition) is 4. The van der Waals surface area contributed by atoms with Crippen molar-refractivity contribution in [1.82, 2.24) is 9.97 Å². The Labute approximate surface area is 140 Å². The van der Waals surface area contributed by atoms with Gasteiger partial charge >= 0.3 is 0 Å². The molecule has 0 amide bonds. The van der Waals surface area contributed by atoms with Crippen LogP contribution in [-0.2, 0) is 4.74 Å². The summed E-state index contributed by atoms with van der Waals surface area (Å²) in [5, 5.41) is 13.3. The standard InChI is InChI=1S/C19H18N4O/c20-11-17-9-15-12-21-19(10-18(15)22-17)23-16-3-1-2-14(8-16)13-4-6-24-7-5-13/h1-3,8-10,12-13,22H,4-7H2,(H,21,23). The van der Waals surface area contributed by atoms with Gasteiger partial charge in [-0.2, -0.15) is 5.26 Å². The van der Waals surface area contributed by atoms with E-state index in [0.29, 0.717) is 11.6 Å². The van der Waals surface area contributed by atoms with Gasteiger partial charge < -0.3 is 15.0 Å². The number of ether oxygens (including phenoxy) is 1. The van der Waals surface area contributed by atoms with Crippen LogP contribution in [-0.4, -0.2) is 23.2 Å². The predicted molar refractivity (Wildman–Crippen MR) is 93.3 cm³/mol. The molecule has 0 aliphatic carbocycles. The van der Waals surface area contributed by atoms with Crippen LogP contribution in [0.25, 0.3) is 10.9 Å². The Hall–Kier alpha value is -2.84. The summed E-state index contributed by atoms with van der Waals surface area (Å²) in [4.78, 5) is 7.51. The first-order valence-electron chi connectivity index (χ1n) is 8.15. The molecule has 24 heavy (non-hydrogen) atoms. The molecule has 1 aliphatic rings. The van der Waals surface area contributed by atoms with E-state index in [9.17, 15) is 0 Å². The largest absolute Gasteiger partial charge is 0.381 e. The van der Waals surface area contributed by atoms with Crippen LogP contribution in [0.1, 0.15) is 30.0 Å². The van der Waals surface area contributed by atoms with Crippen molar-refractivity contribution in [3.63, 3.8) is 0 Å². The molecule has 5 nitrogen and oxygen atoms in total. The number of H-pyrrole nitrogens is 1. The van der Waals surface area contributed by atoms with Crippen molar-refractivity contribution >= 4 is 22.4 Å². The van der Waals surface area contributed by atoms with Gasteiger partial charge in [0.1, 0.15) is 17.6 Å². The van der Waals surface area contributed by atoms with Crippen LogP contribution in [0.5, 0.6) is 0 Å². The number of aromatic nitrogens is 2. The highest BCUT2D eigenvalue weighted by Gasteiger charge is 2.16. The molecule has 0 unspecified atom stereocenters. The second kappa shape index (κ2) is 6.34. The number of nitrogens with zero attached hydrogens (tertiary/aromatic N) is 2. The summed E-state index contributed by atoms with van der Waals surface area (Å²) in [5.41, 5.74) is 3.82. The van der Waals surface area contributed by atoms with Gasteiger partial charge in [-0.05, 0) is 42.5 Å². The van der Waals surface area contributed by atoms with Gasteiger partial charge in [0.25, 0.3) is 0 Å². The van der Waals surface area contributed by atoms with E-state index in [1.54, 1.807) is 12.3 Å². The second-order valence-electron chi connectivity index (χ2n) is 6.09. The van der Waals surface area contributed by atoms with E-state index < -0.39 is 0 Å². The van der Waals surface area contributed by atoms with Crippen molar-refractivity contribution in [2.45, 2.75) is 18.8 Å². The maximum atomic E-state index is 8.97. The van der Waals surface area contributed by atoms with E-state index >= 15 is 0 Å². The molecule has 1 aromatic carbocycles. The fraction of sp³-hybridized carbons (Fsp3) is 0.263. The van der Waals surface area contributed by atoms with Gasteiger partial charge in [0.15, 0.2) is 0 Å². The van der Waals surface area contributed by atoms with Crippen LogP contribution in [0.4, 0.5) is 11.5 Å². The van der Waals surface area contributed by atoms with E-state index in [1.165, 1.54) is 5.56 Å². The Balaban J connectivity index is 1.57. The maximum Gasteiger partial charge on any atom is 0.132 e. The zero-order valence-electron chi connectivity index (χ0n) is 13.2. The minimum atomic E-state index is 0.547. The molecule has 3 aromatic rings. The molecule has 0 bridgehead atoms. The van der Waals surface area contributed by atoms with Gasteiger partial charge in [-0.25, -0.2) is 4.98 Å². The Bertz CT molecular complexity index is 903. The molecule has 1 fully saturated rings. The Morgan fingerprint density at radius 2 is 2.08 bits per heavy atom. The maximum absolute atomic E-state index is 8.97. The zero-order chi connectivity index (χ0) is 16.4. The lowest BCUT2D eigenvalue weighted by atomic mass is 9.91. The lowest BCUT2D eigenvalue weighted by Gasteiger charge is -2.22. The number of anilines is 2. The molecule has 2 N–H and O–H groups in total. The summed E-state index contributed by atoms with van der Waals surface area (Å²) in [6.45, 7) is 1.68. The summed E-state index contributed by atoms with van der Waals surface area (Å²) in [7, 11) is 0. The lowest BCUT2D eigenvalue weighted by Crippen LogP contribution is -2.14. The minimum Gasteiger partial charge on any atom is -0.381 e. The average molecular weight is 318 g/mol. The third-order valence-corrected chi connectivity index (χ3v) is 4.48. The molecule has 5 heteroatoms. The van der Waals surface area contributed by atoms with Crippen LogP contribution in [0.15, 0.2) is 42.6 Å². The molecule has 1 aliphatic heterocycles.